The molecule has 0 amide bonds. The Labute approximate surface area is 210 Å². The highest BCUT2D eigenvalue weighted by Crippen LogP contribution is 2.26. The molecule has 1 heterocycles. The van der Waals surface area contributed by atoms with Crippen LogP contribution in [0.5, 0.6) is 5.75 Å². The Morgan fingerprint density at radius 2 is 1.72 bits per heavy atom. The minimum absolute atomic E-state index is 0.00340. The van der Waals surface area contributed by atoms with Crippen molar-refractivity contribution in [1.82, 2.24) is 9.88 Å². The van der Waals surface area contributed by atoms with Gasteiger partial charge in [-0.15, -0.1) is 0 Å². The molecule has 3 aromatic rings. The molecule has 0 fully saturated rings. The molecule has 0 aliphatic carbocycles. The van der Waals surface area contributed by atoms with Gasteiger partial charge in [0.1, 0.15) is 17.1 Å². The number of nitrogens with one attached hydrogen (secondary N) is 1. The molecule has 1 aromatic heterocycles. The van der Waals surface area contributed by atoms with E-state index in [1.165, 1.54) is 48.7 Å². The molecular formula is C25H29N5O5S. The molecule has 0 aliphatic heterocycles. The largest absolute Gasteiger partial charge is 0.507 e. The molecule has 0 saturated carbocycles. The summed E-state index contributed by atoms with van der Waals surface area (Å²) < 4.78 is 32.7. The van der Waals surface area contributed by atoms with Gasteiger partial charge in [0, 0.05) is 12.7 Å². The van der Waals surface area contributed by atoms with Gasteiger partial charge in [-0.05, 0) is 74.1 Å². The van der Waals surface area contributed by atoms with Crippen LogP contribution in [-0.2, 0) is 14.8 Å². The van der Waals surface area contributed by atoms with E-state index in [9.17, 15) is 18.3 Å². The number of benzene rings is 2. The predicted octanol–water partition coefficient (Wildman–Crippen LogP) is 4.89. The third-order valence-corrected chi connectivity index (χ3v) is 6.65. The summed E-state index contributed by atoms with van der Waals surface area (Å²) in [7, 11) is -3.80. The maximum absolute atomic E-state index is 12.5. The van der Waals surface area contributed by atoms with E-state index in [2.05, 4.69) is 38.7 Å². The van der Waals surface area contributed by atoms with Crippen LogP contribution in [0.25, 0.3) is 0 Å². The summed E-state index contributed by atoms with van der Waals surface area (Å²) in [5, 5.41) is 18.2. The lowest BCUT2D eigenvalue weighted by Gasteiger charge is -2.17. The van der Waals surface area contributed by atoms with Gasteiger partial charge in [-0.2, -0.15) is 10.2 Å². The molecule has 0 bridgehead atoms. The molecule has 36 heavy (non-hydrogen) atoms. The average molecular weight is 512 g/mol. The first-order valence-electron chi connectivity index (χ1n) is 11.5. The zero-order chi connectivity index (χ0) is 26.0. The molecule has 0 saturated heterocycles. The number of phenolic OH excluding ortho intramolecular Hbond substituents is 1. The quantitative estimate of drug-likeness (QED) is 0.201. The number of anilines is 1. The smallest absolute Gasteiger partial charge is 0.341 e. The molecule has 3 rings (SSSR count). The Bertz CT molecular complexity index is 1280. The summed E-state index contributed by atoms with van der Waals surface area (Å²) in [5.41, 5.74) is 0.730. The minimum Gasteiger partial charge on any atom is -0.507 e. The van der Waals surface area contributed by atoms with Crippen molar-refractivity contribution in [3.05, 3.63) is 72.4 Å². The number of hydrogen-bond acceptors (Lipinski definition) is 9. The molecule has 2 aromatic carbocycles. The molecule has 190 valence electrons. The number of rotatable bonds is 12. The van der Waals surface area contributed by atoms with E-state index in [0.29, 0.717) is 17.8 Å². The first-order chi connectivity index (χ1) is 17.3. The zero-order valence-electron chi connectivity index (χ0n) is 20.2. The van der Waals surface area contributed by atoms with Crippen molar-refractivity contribution in [2.75, 3.05) is 31.0 Å². The number of azo groups is 1. The van der Waals surface area contributed by atoms with Crippen molar-refractivity contribution >= 4 is 33.2 Å². The number of pyridine rings is 1. The monoisotopic (exact) mass is 511 g/mol. The highest BCUT2D eigenvalue weighted by atomic mass is 32.2. The summed E-state index contributed by atoms with van der Waals surface area (Å²) in [5.74, 6) is -0.636. The van der Waals surface area contributed by atoms with E-state index < -0.39 is 16.0 Å². The van der Waals surface area contributed by atoms with Gasteiger partial charge in [-0.3, -0.25) is 4.72 Å². The zero-order valence-corrected chi connectivity index (χ0v) is 21.0. The maximum Gasteiger partial charge on any atom is 0.341 e. The average Bonchev–Trinajstić information content (AvgIpc) is 2.88. The van der Waals surface area contributed by atoms with Crippen molar-refractivity contribution in [2.45, 2.75) is 25.2 Å². The summed E-state index contributed by atoms with van der Waals surface area (Å²) in [4.78, 5) is 18.6. The molecule has 0 unspecified atom stereocenters. The standard InChI is InChI=1S/C25H29N5O5S/c1-3-30(4-2)16-7-17-35-25(32)22-18-20(11-14-23(22)31)28-27-19-9-12-21(13-10-19)36(33,34)29-24-8-5-6-15-26-24/h5-6,8-15,18,31H,3-4,7,16-17H2,1-2H3,(H,26,29). The second kappa shape index (κ2) is 12.8. The summed E-state index contributed by atoms with van der Waals surface area (Å²) in [6.07, 6.45) is 2.18. The molecule has 0 atom stereocenters. The number of aromatic hydroxyl groups is 1. The Balaban J connectivity index is 1.62. The van der Waals surface area contributed by atoms with Crippen LogP contribution >= 0.6 is 0 Å². The third-order valence-electron chi connectivity index (χ3n) is 5.28. The van der Waals surface area contributed by atoms with E-state index >= 15 is 0 Å². The number of phenols is 1. The number of esters is 1. The molecule has 0 radical (unpaired) electrons. The number of hydrogen-bond donors (Lipinski definition) is 2. The topological polar surface area (TPSA) is 134 Å². The van der Waals surface area contributed by atoms with Crippen molar-refractivity contribution in [1.29, 1.82) is 0 Å². The van der Waals surface area contributed by atoms with Crippen LogP contribution in [0.2, 0.25) is 0 Å². The van der Waals surface area contributed by atoms with Crippen LogP contribution in [0.3, 0.4) is 0 Å². The molecular weight excluding hydrogens is 482 g/mol. The summed E-state index contributed by atoms with van der Waals surface area (Å²) in [6, 6.07) is 15.0. The third kappa shape index (κ3) is 7.59. The van der Waals surface area contributed by atoms with Crippen LogP contribution in [-0.4, -0.2) is 55.6 Å². The SMILES string of the molecule is CCN(CC)CCCOC(=O)c1cc(N=Nc2ccc(S(=O)(=O)Nc3ccccn3)cc2)ccc1O. The number of carbonyl (C=O) groups excluding carboxylic acids is 1. The lowest BCUT2D eigenvalue weighted by molar-refractivity contribution is 0.0486. The lowest BCUT2D eigenvalue weighted by Crippen LogP contribution is -2.25. The van der Waals surface area contributed by atoms with Crippen LogP contribution in [0.1, 0.15) is 30.6 Å². The van der Waals surface area contributed by atoms with Crippen LogP contribution in [0.4, 0.5) is 17.2 Å². The maximum atomic E-state index is 12.5. The van der Waals surface area contributed by atoms with E-state index in [1.54, 1.807) is 18.2 Å². The number of carbonyl (C=O) groups is 1. The second-order valence-corrected chi connectivity index (χ2v) is 9.41. The highest BCUT2D eigenvalue weighted by Gasteiger charge is 2.15. The molecule has 0 spiro atoms. The first-order valence-corrected chi connectivity index (χ1v) is 13.0. The van der Waals surface area contributed by atoms with Gasteiger partial charge in [0.2, 0.25) is 0 Å². The van der Waals surface area contributed by atoms with E-state index in [-0.39, 0.29) is 28.6 Å². The Morgan fingerprint density at radius 3 is 2.39 bits per heavy atom. The van der Waals surface area contributed by atoms with Gasteiger partial charge in [-0.25, -0.2) is 18.2 Å². The molecule has 11 heteroatoms. The second-order valence-electron chi connectivity index (χ2n) is 7.73. The van der Waals surface area contributed by atoms with Gasteiger partial charge < -0.3 is 14.7 Å². The first kappa shape index (κ1) is 26.8. The van der Waals surface area contributed by atoms with E-state index in [1.807, 2.05) is 0 Å². The van der Waals surface area contributed by atoms with Crippen molar-refractivity contribution in [2.24, 2.45) is 10.2 Å². The van der Waals surface area contributed by atoms with Crippen molar-refractivity contribution in [3.63, 3.8) is 0 Å². The van der Waals surface area contributed by atoms with Crippen LogP contribution < -0.4 is 4.72 Å². The van der Waals surface area contributed by atoms with E-state index in [4.69, 9.17) is 4.74 Å². The number of nitrogens with zero attached hydrogens (tertiary/aromatic N) is 4. The summed E-state index contributed by atoms with van der Waals surface area (Å²) in [6.45, 7) is 7.07. The Morgan fingerprint density at radius 1 is 1.03 bits per heavy atom. The Kier molecular flexibility index (Phi) is 9.48. The fraction of sp³-hybridized carbons (Fsp3) is 0.280. The Hall–Kier alpha value is -3.83. The minimum atomic E-state index is -3.80. The van der Waals surface area contributed by atoms with Gasteiger partial charge in [0.05, 0.1) is 22.9 Å². The highest BCUT2D eigenvalue weighted by molar-refractivity contribution is 7.92. The van der Waals surface area contributed by atoms with Crippen LogP contribution in [0.15, 0.2) is 82.0 Å². The van der Waals surface area contributed by atoms with Gasteiger partial charge in [0.15, 0.2) is 0 Å². The van der Waals surface area contributed by atoms with E-state index in [0.717, 1.165) is 19.6 Å². The normalized spacial score (nSPS) is 11.6. The summed E-state index contributed by atoms with van der Waals surface area (Å²) >= 11 is 0. The number of aromatic nitrogens is 1. The van der Waals surface area contributed by atoms with Crippen LogP contribution in [0, 0.1) is 0 Å². The van der Waals surface area contributed by atoms with Crippen molar-refractivity contribution in [3.8, 4) is 5.75 Å². The fourth-order valence-corrected chi connectivity index (χ4v) is 4.26. The van der Waals surface area contributed by atoms with Gasteiger partial charge >= 0.3 is 5.97 Å². The van der Waals surface area contributed by atoms with Crippen molar-refractivity contribution < 1.29 is 23.1 Å². The lowest BCUT2D eigenvalue weighted by atomic mass is 10.2. The number of ether oxygens (including phenoxy) is 1. The number of sulfonamides is 1. The van der Waals surface area contributed by atoms with Gasteiger partial charge in [0.25, 0.3) is 10.0 Å². The van der Waals surface area contributed by atoms with Gasteiger partial charge in [-0.1, -0.05) is 19.9 Å². The molecule has 10 nitrogen and oxygen atoms in total. The molecule has 2 N–H and O–H groups in total. The predicted molar refractivity (Wildman–Crippen MR) is 136 cm³/mol. The molecule has 0 aliphatic rings. The fourth-order valence-electron chi connectivity index (χ4n) is 3.25.